The van der Waals surface area contributed by atoms with Crippen LogP contribution >= 0.6 is 0 Å². The van der Waals surface area contributed by atoms with E-state index in [1.807, 2.05) is 0 Å². The molecule has 14 heteroatoms. The quantitative estimate of drug-likeness (QED) is 0.301. The van der Waals surface area contributed by atoms with E-state index in [9.17, 15) is 26.4 Å². The van der Waals surface area contributed by atoms with Gasteiger partial charge in [0.25, 0.3) is 0 Å². The van der Waals surface area contributed by atoms with Gasteiger partial charge in [-0.1, -0.05) is 6.08 Å². The summed E-state index contributed by atoms with van der Waals surface area (Å²) < 4.78 is 87.0. The maximum absolute atomic E-state index is 11.8. The summed E-state index contributed by atoms with van der Waals surface area (Å²) >= 11 is 0. The molecule has 36 heavy (non-hydrogen) atoms. The highest BCUT2D eigenvalue weighted by Gasteiger charge is 2.52. The lowest BCUT2D eigenvalue weighted by molar-refractivity contribution is -0.126. The molecule has 0 bridgehead atoms. The third-order valence-corrected chi connectivity index (χ3v) is 6.88. The molecule has 4 aliphatic rings. The number of carbonyl (C=O) groups is 1. The number of carbonyl (C=O) groups excluding carboxylic acids is 1. The van der Waals surface area contributed by atoms with Crippen LogP contribution in [-0.4, -0.2) is 77.7 Å². The number of hydrogen-bond donors (Lipinski definition) is 0. The zero-order valence-electron chi connectivity index (χ0n) is 21.0. The highest BCUT2D eigenvalue weighted by atomic mass is 32.2. The van der Waals surface area contributed by atoms with Crippen molar-refractivity contribution in [2.24, 2.45) is 0 Å². The molecule has 0 aromatic heterocycles. The molecule has 0 atom stereocenters. The Morgan fingerprint density at radius 1 is 0.889 bits per heavy atom. The third-order valence-electron chi connectivity index (χ3n) is 5.88. The largest absolute Gasteiger partial charge is 0.534 e. The molecule has 0 N–H and O–H groups in total. The summed E-state index contributed by atoms with van der Waals surface area (Å²) in [5.41, 5.74) is -4.78. The van der Waals surface area contributed by atoms with Crippen LogP contribution in [0, 0.1) is 0 Å². The van der Waals surface area contributed by atoms with Crippen molar-refractivity contribution in [2.75, 3.05) is 39.6 Å². The molecule has 206 valence electrons. The molecule has 0 aromatic rings. The lowest BCUT2D eigenvalue weighted by Crippen LogP contribution is -2.41. The minimum Gasteiger partial charge on any atom is -0.400 e. The van der Waals surface area contributed by atoms with E-state index < -0.39 is 15.6 Å². The number of hydrogen-bond acceptors (Lipinski definition) is 9. The maximum Gasteiger partial charge on any atom is 0.534 e. The first kappa shape index (κ1) is 30.8. The predicted octanol–water partition coefficient (Wildman–Crippen LogP) is 3.49. The van der Waals surface area contributed by atoms with E-state index in [2.05, 4.69) is 38.0 Å². The van der Waals surface area contributed by atoms with Gasteiger partial charge in [-0.15, -0.1) is 0 Å². The number of alkyl halides is 3. The zero-order chi connectivity index (χ0) is 27.0. The van der Waals surface area contributed by atoms with Crippen molar-refractivity contribution in [3.63, 3.8) is 0 Å². The van der Waals surface area contributed by atoms with Crippen molar-refractivity contribution >= 4 is 23.0 Å². The van der Waals surface area contributed by atoms with Crippen LogP contribution < -0.4 is 0 Å². The third kappa shape index (κ3) is 9.14. The highest BCUT2D eigenvalue weighted by molar-refractivity contribution is 7.87. The second-order valence-electron chi connectivity index (χ2n) is 9.40. The average Bonchev–Trinajstić information content (AvgIpc) is 3.02. The van der Waals surface area contributed by atoms with Gasteiger partial charge in [-0.2, -0.15) is 21.6 Å². The Labute approximate surface area is 210 Å². The molecule has 0 unspecified atom stereocenters. The van der Waals surface area contributed by atoms with E-state index in [-0.39, 0.29) is 36.5 Å². The van der Waals surface area contributed by atoms with Gasteiger partial charge >= 0.3 is 22.7 Å². The van der Waals surface area contributed by atoms with Crippen LogP contribution in [-0.2, 0) is 42.6 Å². The first-order chi connectivity index (χ1) is 16.6. The number of Topliss-reactive ketones (excluding diaryl/α,β-unsaturated/α-hetero) is 1. The molecule has 0 amide bonds. The summed E-state index contributed by atoms with van der Waals surface area (Å²) in [6, 6.07) is 0. The van der Waals surface area contributed by atoms with E-state index in [1.165, 1.54) is 6.08 Å². The van der Waals surface area contributed by atoms with E-state index in [1.54, 1.807) is 0 Å². The Hall–Kier alpha value is -1.45. The molecule has 0 aliphatic carbocycles. The topological polar surface area (TPSA) is 107 Å². The van der Waals surface area contributed by atoms with Gasteiger partial charge in [0.1, 0.15) is 19.0 Å². The first-order valence-corrected chi connectivity index (χ1v) is 13.0. The maximum atomic E-state index is 11.8. The molecular weight excluding hydrogens is 508 g/mol. The first-order valence-electron chi connectivity index (χ1n) is 11.6. The Kier molecular flexibility index (Phi) is 11.0. The summed E-state index contributed by atoms with van der Waals surface area (Å²) in [5, 5.41) is 0. The van der Waals surface area contributed by atoms with E-state index in [4.69, 9.17) is 23.5 Å². The van der Waals surface area contributed by atoms with Crippen LogP contribution in [0.1, 0.15) is 53.4 Å². The molecule has 0 spiro atoms. The number of rotatable bonds is 3. The van der Waals surface area contributed by atoms with Crippen molar-refractivity contribution in [3.05, 3.63) is 23.4 Å². The van der Waals surface area contributed by atoms with Crippen molar-refractivity contribution in [3.8, 4) is 0 Å². The van der Waals surface area contributed by atoms with Crippen LogP contribution in [0.25, 0.3) is 0 Å². The van der Waals surface area contributed by atoms with Crippen molar-refractivity contribution < 1.29 is 54.1 Å². The molecule has 0 radical (unpaired) electrons. The Morgan fingerprint density at radius 2 is 1.44 bits per heavy atom. The lowest BCUT2D eigenvalue weighted by atomic mass is 9.77. The van der Waals surface area contributed by atoms with E-state index in [0.29, 0.717) is 26.2 Å². The van der Waals surface area contributed by atoms with Crippen LogP contribution in [0.4, 0.5) is 13.2 Å². The Morgan fingerprint density at radius 3 is 1.83 bits per heavy atom. The zero-order valence-corrected chi connectivity index (χ0v) is 21.8. The van der Waals surface area contributed by atoms with Crippen LogP contribution in [0.3, 0.4) is 0 Å². The SMILES string of the molecule is CC1(C)OB(C2=CCCOC2)OC1(C)C.O=C1CCCOC1.O=S(=O)(OC1=CCCOC1)C(F)(F)F. The predicted molar refractivity (Wildman–Crippen MR) is 124 cm³/mol. The standard InChI is InChI=1S/C11H19BO3.C6H7F3O4S.C5H8O2/c1-10(2)11(3,4)15-12(14-10)9-6-5-7-13-8-9;7-6(8,9)14(10,11)13-5-2-1-3-12-4-5;6-5-2-1-3-7-4-5/h6H,5,7-8H2,1-4H3;2H,1,3-4H2;1-4H2. The molecule has 4 heterocycles. The van der Waals surface area contributed by atoms with Gasteiger partial charge in [-0.25, -0.2) is 0 Å². The van der Waals surface area contributed by atoms with Crippen molar-refractivity contribution in [1.29, 1.82) is 0 Å². The fourth-order valence-corrected chi connectivity index (χ4v) is 3.64. The smallest absolute Gasteiger partial charge is 0.400 e. The van der Waals surface area contributed by atoms with Gasteiger partial charge in [-0.3, -0.25) is 4.79 Å². The molecule has 9 nitrogen and oxygen atoms in total. The summed E-state index contributed by atoms with van der Waals surface area (Å²) in [6.45, 7) is 10.9. The van der Waals surface area contributed by atoms with Gasteiger partial charge in [0.2, 0.25) is 0 Å². The van der Waals surface area contributed by atoms with Crippen LogP contribution in [0.15, 0.2) is 23.4 Å². The van der Waals surface area contributed by atoms with E-state index >= 15 is 0 Å². The Bertz CT molecular complexity index is 890. The molecule has 0 aromatic carbocycles. The molecule has 4 aliphatic heterocycles. The van der Waals surface area contributed by atoms with Gasteiger partial charge in [-0.05, 0) is 58.5 Å². The molecule has 2 fully saturated rings. The monoisotopic (exact) mass is 542 g/mol. The summed E-state index contributed by atoms with van der Waals surface area (Å²) in [7, 11) is -5.77. The lowest BCUT2D eigenvalue weighted by Gasteiger charge is -2.32. The second-order valence-corrected chi connectivity index (χ2v) is 10.9. The summed E-state index contributed by atoms with van der Waals surface area (Å²) in [4.78, 5) is 10.3. The normalized spacial score (nSPS) is 23.9. The number of halogens is 3. The minimum atomic E-state index is -5.55. The van der Waals surface area contributed by atoms with Gasteiger partial charge in [0, 0.05) is 13.0 Å². The second kappa shape index (κ2) is 12.9. The van der Waals surface area contributed by atoms with Crippen molar-refractivity contribution in [2.45, 2.75) is 70.1 Å². The minimum absolute atomic E-state index is 0.227. The van der Waals surface area contributed by atoms with Crippen LogP contribution in [0.2, 0.25) is 0 Å². The number of ketones is 1. The average molecular weight is 542 g/mol. The molecule has 4 rings (SSSR count). The van der Waals surface area contributed by atoms with E-state index in [0.717, 1.165) is 37.9 Å². The van der Waals surface area contributed by atoms with Gasteiger partial charge in [0.15, 0.2) is 5.78 Å². The fraction of sp³-hybridized carbons (Fsp3) is 0.773. The van der Waals surface area contributed by atoms with Crippen molar-refractivity contribution in [1.82, 2.24) is 0 Å². The fourth-order valence-electron chi connectivity index (χ4n) is 3.15. The van der Waals surface area contributed by atoms with Gasteiger partial charge < -0.3 is 27.7 Å². The summed E-state index contributed by atoms with van der Waals surface area (Å²) in [5.74, 6) is -0.0835. The summed E-state index contributed by atoms with van der Waals surface area (Å²) in [6.07, 6.45) is 6.36. The highest BCUT2D eigenvalue weighted by Crippen LogP contribution is 2.38. The van der Waals surface area contributed by atoms with Gasteiger partial charge in [0.05, 0.1) is 31.0 Å². The van der Waals surface area contributed by atoms with Crippen LogP contribution in [0.5, 0.6) is 0 Å². The molecule has 0 saturated carbocycles. The molecule has 2 saturated heterocycles. The Balaban J connectivity index is 0.000000202. The number of ether oxygens (including phenoxy) is 3. The molecular formula is C22H34BF3O9S.